The van der Waals surface area contributed by atoms with Gasteiger partial charge >= 0.3 is 0 Å². The van der Waals surface area contributed by atoms with Crippen LogP contribution >= 0.6 is 7.37 Å². The third kappa shape index (κ3) is 7.25. The van der Waals surface area contributed by atoms with Gasteiger partial charge in [0.2, 0.25) is 7.37 Å². The second kappa shape index (κ2) is 13.1. The third-order valence-corrected chi connectivity index (χ3v) is 9.16. The van der Waals surface area contributed by atoms with E-state index >= 15 is 0 Å². The van der Waals surface area contributed by atoms with Crippen LogP contribution in [-0.2, 0) is 9.09 Å². The summed E-state index contributed by atoms with van der Waals surface area (Å²) in [5.74, 6) is -0.165. The van der Waals surface area contributed by atoms with Crippen molar-refractivity contribution in [2.24, 2.45) is 0 Å². The van der Waals surface area contributed by atoms with Crippen LogP contribution in [0.4, 0.5) is 0 Å². The molecule has 194 valence electrons. The van der Waals surface area contributed by atoms with Crippen molar-refractivity contribution < 1.29 is 24.1 Å². The summed E-state index contributed by atoms with van der Waals surface area (Å²) in [5, 5.41) is 33.3. The first-order chi connectivity index (χ1) is 17.3. The average molecular weight is 514 g/mol. The largest absolute Gasteiger partial charge is 0.391 e. The van der Waals surface area contributed by atoms with E-state index in [0.717, 1.165) is 12.0 Å². The summed E-state index contributed by atoms with van der Waals surface area (Å²) in [6.45, 7) is 4.72. The quantitative estimate of drug-likeness (QED) is 0.256. The molecular weight excluding hydrogens is 477 g/mol. The van der Waals surface area contributed by atoms with Gasteiger partial charge < -0.3 is 25.0 Å². The fraction of sp³-hybridized carbons (Fsp3) is 0.481. The molecule has 0 fully saturated rings. The molecule has 0 radical (unpaired) electrons. The minimum absolute atomic E-state index is 0.0669. The van der Waals surface area contributed by atoms with Crippen LogP contribution in [0.25, 0.3) is 0 Å². The fourth-order valence-corrected chi connectivity index (χ4v) is 6.89. The van der Waals surface area contributed by atoms with Gasteiger partial charge in [0.15, 0.2) is 6.23 Å². The Balaban J connectivity index is 1.42. The Morgan fingerprint density at radius 1 is 1.19 bits per heavy atom. The number of carbonyl (C=O) groups is 1. The lowest BCUT2D eigenvalue weighted by Gasteiger charge is -2.23. The molecule has 1 aliphatic rings. The maximum Gasteiger partial charge on any atom is 0.256 e. The number of nitriles is 1. The highest BCUT2D eigenvalue weighted by molar-refractivity contribution is 7.59. The summed E-state index contributed by atoms with van der Waals surface area (Å²) in [6.07, 6.45) is 0.707. The SMILES string of the molecule is CCOP(=O)(CCCCCN1C(=O)c2ccccc2C1O)C[C@@H](O)CN[C@H](C)c1cccc(C#N)c1. The van der Waals surface area contributed by atoms with Gasteiger partial charge in [-0.15, -0.1) is 0 Å². The van der Waals surface area contributed by atoms with E-state index in [9.17, 15) is 19.6 Å². The first-order valence-corrected chi connectivity index (χ1v) is 14.5. The molecule has 0 saturated heterocycles. The molecule has 0 aliphatic carbocycles. The molecule has 1 amide bonds. The molecule has 0 aromatic heterocycles. The molecule has 0 saturated carbocycles. The van der Waals surface area contributed by atoms with E-state index in [2.05, 4.69) is 11.4 Å². The molecule has 3 rings (SSSR count). The number of unbranched alkanes of at least 4 members (excludes halogenated alkanes) is 2. The minimum atomic E-state index is -3.02. The molecule has 0 spiro atoms. The zero-order valence-corrected chi connectivity index (χ0v) is 21.9. The van der Waals surface area contributed by atoms with Crippen LogP contribution in [0.15, 0.2) is 48.5 Å². The number of aliphatic hydroxyl groups excluding tert-OH is 2. The van der Waals surface area contributed by atoms with E-state index in [-0.39, 0.29) is 24.7 Å². The molecule has 0 bridgehead atoms. The van der Waals surface area contributed by atoms with Gasteiger partial charge in [0, 0.05) is 36.4 Å². The Labute approximate surface area is 213 Å². The van der Waals surface area contributed by atoms with Crippen molar-refractivity contribution in [3.63, 3.8) is 0 Å². The van der Waals surface area contributed by atoms with Gasteiger partial charge in [0.25, 0.3) is 5.91 Å². The lowest BCUT2D eigenvalue weighted by atomic mass is 10.1. The first kappa shape index (κ1) is 28.0. The zero-order chi connectivity index (χ0) is 26.1. The molecule has 8 nitrogen and oxygen atoms in total. The number of hydrogen-bond donors (Lipinski definition) is 3. The van der Waals surface area contributed by atoms with Gasteiger partial charge in [-0.1, -0.05) is 36.8 Å². The van der Waals surface area contributed by atoms with Gasteiger partial charge in [-0.3, -0.25) is 9.36 Å². The summed E-state index contributed by atoms with van der Waals surface area (Å²) >= 11 is 0. The zero-order valence-electron chi connectivity index (χ0n) is 21.0. The summed E-state index contributed by atoms with van der Waals surface area (Å²) in [7, 11) is -3.02. The van der Waals surface area contributed by atoms with Crippen molar-refractivity contribution >= 4 is 13.3 Å². The van der Waals surface area contributed by atoms with Crippen molar-refractivity contribution in [3.05, 3.63) is 70.8 Å². The second-order valence-corrected chi connectivity index (χ2v) is 11.9. The van der Waals surface area contributed by atoms with E-state index in [4.69, 9.17) is 9.79 Å². The number of nitrogens with zero attached hydrogens (tertiary/aromatic N) is 2. The van der Waals surface area contributed by atoms with Crippen LogP contribution in [0.2, 0.25) is 0 Å². The summed E-state index contributed by atoms with van der Waals surface area (Å²) in [6, 6.07) is 16.4. The average Bonchev–Trinajstić information content (AvgIpc) is 3.12. The number of nitrogens with one attached hydrogen (secondary N) is 1. The Kier molecular flexibility index (Phi) is 10.2. The highest BCUT2D eigenvalue weighted by atomic mass is 31.2. The van der Waals surface area contributed by atoms with Gasteiger partial charge in [-0.2, -0.15) is 5.26 Å². The highest BCUT2D eigenvalue weighted by Crippen LogP contribution is 2.48. The molecule has 3 N–H and O–H groups in total. The van der Waals surface area contributed by atoms with Gasteiger partial charge in [-0.05, 0) is 50.5 Å². The summed E-state index contributed by atoms with van der Waals surface area (Å²) < 4.78 is 18.9. The van der Waals surface area contributed by atoms with Crippen LogP contribution in [-0.4, -0.2) is 59.1 Å². The van der Waals surface area contributed by atoms with Crippen LogP contribution in [0.5, 0.6) is 0 Å². The first-order valence-electron chi connectivity index (χ1n) is 12.5. The van der Waals surface area contributed by atoms with Crippen molar-refractivity contribution in [2.45, 2.75) is 51.5 Å². The topological polar surface area (TPSA) is 123 Å². The monoisotopic (exact) mass is 513 g/mol. The van der Waals surface area contributed by atoms with Gasteiger partial charge in [0.1, 0.15) is 0 Å². The number of amides is 1. The molecular formula is C27H36N3O5P. The molecule has 2 aromatic rings. The Hall–Kier alpha value is -2.53. The number of fused-ring (bicyclic) bond motifs is 1. The summed E-state index contributed by atoms with van der Waals surface area (Å²) in [4.78, 5) is 14.0. The molecule has 2 aromatic carbocycles. The number of benzene rings is 2. The second-order valence-electron chi connectivity index (χ2n) is 9.18. The molecule has 4 atom stereocenters. The van der Waals surface area contributed by atoms with Crippen molar-refractivity contribution in [1.82, 2.24) is 10.2 Å². The van der Waals surface area contributed by atoms with Crippen LogP contribution < -0.4 is 5.32 Å². The number of rotatable bonds is 14. The van der Waals surface area contributed by atoms with Crippen LogP contribution in [0, 0.1) is 11.3 Å². The lowest BCUT2D eigenvalue weighted by Crippen LogP contribution is -2.32. The third-order valence-electron chi connectivity index (χ3n) is 6.45. The van der Waals surface area contributed by atoms with Gasteiger partial charge in [0.05, 0.1) is 30.5 Å². The Bertz CT molecular complexity index is 1120. The highest BCUT2D eigenvalue weighted by Gasteiger charge is 2.34. The van der Waals surface area contributed by atoms with E-state index < -0.39 is 19.7 Å². The minimum Gasteiger partial charge on any atom is -0.391 e. The molecule has 1 aliphatic heterocycles. The maximum absolute atomic E-state index is 13.3. The Morgan fingerprint density at radius 3 is 2.69 bits per heavy atom. The summed E-state index contributed by atoms with van der Waals surface area (Å²) in [5.41, 5.74) is 2.70. The number of carbonyl (C=O) groups excluding carboxylic acids is 1. The predicted octanol–water partition coefficient (Wildman–Crippen LogP) is 4.20. The predicted molar refractivity (Wildman–Crippen MR) is 139 cm³/mol. The van der Waals surface area contributed by atoms with E-state index in [1.807, 2.05) is 25.1 Å². The molecule has 9 heteroatoms. The fourth-order valence-electron chi connectivity index (χ4n) is 4.52. The van der Waals surface area contributed by atoms with E-state index in [1.165, 1.54) is 4.90 Å². The number of aliphatic hydroxyl groups is 2. The van der Waals surface area contributed by atoms with Crippen molar-refractivity contribution in [3.8, 4) is 6.07 Å². The van der Waals surface area contributed by atoms with E-state index in [0.29, 0.717) is 48.8 Å². The maximum atomic E-state index is 13.3. The van der Waals surface area contributed by atoms with Crippen LogP contribution in [0.3, 0.4) is 0 Å². The molecule has 36 heavy (non-hydrogen) atoms. The smallest absolute Gasteiger partial charge is 0.256 e. The standard InChI is InChI=1S/C27H36N3O5P/c1-3-35-36(34,19-23(31)18-29-20(2)22-11-9-10-21(16-22)17-28)15-8-4-7-14-30-26(32)24-12-5-6-13-25(24)27(30)33/h5-6,9-13,16,20,23,26,29,31-32H,3-4,7-8,14-15,18-19H2,1-2H3/t20-,23+,26?,36?/m1/s1. The molecule has 2 unspecified atom stereocenters. The Morgan fingerprint density at radius 2 is 1.97 bits per heavy atom. The number of hydrogen-bond acceptors (Lipinski definition) is 7. The van der Waals surface area contributed by atoms with Crippen LogP contribution in [0.1, 0.15) is 72.4 Å². The van der Waals surface area contributed by atoms with E-state index in [1.54, 1.807) is 37.3 Å². The van der Waals surface area contributed by atoms with Crippen molar-refractivity contribution in [2.75, 3.05) is 32.0 Å². The lowest BCUT2D eigenvalue weighted by molar-refractivity contribution is 0.0170. The molecule has 1 heterocycles. The van der Waals surface area contributed by atoms with Gasteiger partial charge in [-0.25, -0.2) is 0 Å². The normalized spacial score (nSPS) is 18.4. The van der Waals surface area contributed by atoms with Crippen molar-refractivity contribution in [1.29, 1.82) is 5.26 Å².